The van der Waals surface area contributed by atoms with Gasteiger partial charge in [0, 0.05) is 18.7 Å². The molecule has 4 nitrogen and oxygen atoms in total. The second-order valence-electron chi connectivity index (χ2n) is 9.31. The highest BCUT2D eigenvalue weighted by molar-refractivity contribution is 5.90. The zero-order valence-corrected chi connectivity index (χ0v) is 18.7. The third-order valence-electron chi connectivity index (χ3n) is 5.63. The average Bonchev–Trinajstić information content (AvgIpc) is 2.73. The van der Waals surface area contributed by atoms with E-state index < -0.39 is 0 Å². The Morgan fingerprint density at radius 1 is 0.967 bits per heavy atom. The second kappa shape index (κ2) is 10.6. The van der Waals surface area contributed by atoms with Gasteiger partial charge < -0.3 is 10.1 Å². The van der Waals surface area contributed by atoms with Crippen molar-refractivity contribution in [1.29, 1.82) is 0 Å². The molecule has 0 aliphatic carbocycles. The van der Waals surface area contributed by atoms with Crippen molar-refractivity contribution >= 4 is 11.6 Å². The molecule has 30 heavy (non-hydrogen) atoms. The summed E-state index contributed by atoms with van der Waals surface area (Å²) >= 11 is 0. The molecule has 0 unspecified atom stereocenters. The van der Waals surface area contributed by atoms with Crippen molar-refractivity contribution in [3.05, 3.63) is 59.7 Å². The van der Waals surface area contributed by atoms with Crippen LogP contribution in [0.1, 0.15) is 64.0 Å². The van der Waals surface area contributed by atoms with Gasteiger partial charge in [-0.15, -0.1) is 0 Å². The van der Waals surface area contributed by atoms with Gasteiger partial charge in [0.2, 0.25) is 5.91 Å². The van der Waals surface area contributed by atoms with E-state index in [4.69, 9.17) is 4.74 Å². The van der Waals surface area contributed by atoms with Crippen molar-refractivity contribution in [2.45, 2.75) is 64.8 Å². The summed E-state index contributed by atoms with van der Waals surface area (Å²) in [6.45, 7) is 10.5. The number of hydrogen-bond acceptors (Lipinski definition) is 3. The fraction of sp³-hybridized carbons (Fsp3) is 0.500. The molecule has 0 bridgehead atoms. The van der Waals surface area contributed by atoms with Crippen LogP contribution in [-0.4, -0.2) is 30.5 Å². The molecule has 1 aliphatic rings. The molecular weight excluding hydrogens is 372 g/mol. The summed E-state index contributed by atoms with van der Waals surface area (Å²) in [5, 5.41) is 2.99. The Morgan fingerprint density at radius 2 is 1.63 bits per heavy atom. The molecule has 1 N–H and O–H groups in total. The molecule has 2 aromatic carbocycles. The summed E-state index contributed by atoms with van der Waals surface area (Å²) in [5.41, 5.74) is 3.60. The summed E-state index contributed by atoms with van der Waals surface area (Å²) in [6, 6.07) is 16.5. The zero-order valence-electron chi connectivity index (χ0n) is 18.7. The molecule has 4 heteroatoms. The number of likely N-dealkylation sites (tertiary alicyclic amines) is 1. The molecule has 3 rings (SSSR count). The fourth-order valence-corrected chi connectivity index (χ4v) is 3.77. The maximum absolute atomic E-state index is 12.2. The van der Waals surface area contributed by atoms with Crippen LogP contribution in [0.5, 0.6) is 5.75 Å². The molecule has 0 atom stereocenters. The number of nitrogens with one attached hydrogen (secondary N) is 1. The quantitative estimate of drug-likeness (QED) is 0.564. The van der Waals surface area contributed by atoms with Crippen LogP contribution in [0.4, 0.5) is 5.69 Å². The number of benzene rings is 2. The molecular formula is C26H36N2O2. The van der Waals surface area contributed by atoms with Crippen LogP contribution in [0.25, 0.3) is 0 Å². The molecule has 0 aromatic heterocycles. The van der Waals surface area contributed by atoms with Gasteiger partial charge in [-0.3, -0.25) is 9.69 Å². The smallest absolute Gasteiger partial charge is 0.224 e. The van der Waals surface area contributed by atoms with Crippen molar-refractivity contribution in [2.24, 2.45) is 0 Å². The van der Waals surface area contributed by atoms with E-state index in [0.29, 0.717) is 19.4 Å². The van der Waals surface area contributed by atoms with Crippen LogP contribution < -0.4 is 10.1 Å². The lowest BCUT2D eigenvalue weighted by Gasteiger charge is -2.26. The minimum atomic E-state index is 0.0328. The van der Waals surface area contributed by atoms with Crippen molar-refractivity contribution in [1.82, 2.24) is 4.90 Å². The first-order valence-electron chi connectivity index (χ1n) is 11.2. The van der Waals surface area contributed by atoms with Crippen molar-refractivity contribution in [2.75, 3.05) is 25.0 Å². The molecule has 1 aliphatic heterocycles. The summed E-state index contributed by atoms with van der Waals surface area (Å²) in [7, 11) is 0. The standard InChI is InChI=1S/C26H36N2O2/c1-26(2,3)22-11-15-24(16-12-22)30-19-7-8-25(29)27-23-13-9-21(10-14-23)20-28-17-5-4-6-18-28/h9-16H,4-8,17-20H2,1-3H3,(H,27,29). The van der Waals surface area contributed by atoms with E-state index in [2.05, 4.69) is 55.3 Å². The number of ether oxygens (including phenoxy) is 1. The van der Waals surface area contributed by atoms with Crippen molar-refractivity contribution in [3.8, 4) is 5.75 Å². The van der Waals surface area contributed by atoms with Gasteiger partial charge in [-0.2, -0.15) is 0 Å². The normalized spacial score (nSPS) is 15.0. The Bertz CT molecular complexity index is 785. The Kier molecular flexibility index (Phi) is 7.92. The Morgan fingerprint density at radius 3 is 2.27 bits per heavy atom. The summed E-state index contributed by atoms with van der Waals surface area (Å²) in [5.74, 6) is 0.887. The number of rotatable bonds is 8. The van der Waals surface area contributed by atoms with E-state index in [1.807, 2.05) is 24.3 Å². The minimum absolute atomic E-state index is 0.0328. The van der Waals surface area contributed by atoms with Gasteiger partial charge in [0.25, 0.3) is 0 Å². The van der Waals surface area contributed by atoms with Gasteiger partial charge in [-0.25, -0.2) is 0 Å². The summed E-state index contributed by atoms with van der Waals surface area (Å²) in [6.07, 6.45) is 5.12. The molecule has 2 aromatic rings. The largest absolute Gasteiger partial charge is 0.494 e. The van der Waals surface area contributed by atoms with E-state index in [9.17, 15) is 4.79 Å². The highest BCUT2D eigenvalue weighted by Crippen LogP contribution is 2.24. The van der Waals surface area contributed by atoms with Crippen molar-refractivity contribution < 1.29 is 9.53 Å². The third kappa shape index (κ3) is 7.17. The van der Waals surface area contributed by atoms with Crippen LogP contribution in [0.3, 0.4) is 0 Å². The number of nitrogens with zero attached hydrogens (tertiary/aromatic N) is 1. The maximum Gasteiger partial charge on any atom is 0.224 e. The number of carbonyl (C=O) groups is 1. The first-order chi connectivity index (χ1) is 14.4. The van der Waals surface area contributed by atoms with E-state index in [0.717, 1.165) is 18.0 Å². The van der Waals surface area contributed by atoms with Crippen LogP contribution in [0.2, 0.25) is 0 Å². The first kappa shape index (κ1) is 22.4. The predicted molar refractivity (Wildman–Crippen MR) is 124 cm³/mol. The third-order valence-corrected chi connectivity index (χ3v) is 5.63. The molecule has 0 spiro atoms. The van der Waals surface area contributed by atoms with Gasteiger partial charge in [0.1, 0.15) is 5.75 Å². The number of piperidine rings is 1. The molecule has 0 saturated carbocycles. The lowest BCUT2D eigenvalue weighted by atomic mass is 9.87. The zero-order chi connectivity index (χ0) is 21.4. The predicted octanol–water partition coefficient (Wildman–Crippen LogP) is 5.77. The van der Waals surface area contributed by atoms with E-state index >= 15 is 0 Å². The minimum Gasteiger partial charge on any atom is -0.494 e. The van der Waals surface area contributed by atoms with Gasteiger partial charge in [0.05, 0.1) is 6.61 Å². The summed E-state index contributed by atoms with van der Waals surface area (Å²) in [4.78, 5) is 14.7. The molecule has 162 valence electrons. The summed E-state index contributed by atoms with van der Waals surface area (Å²) < 4.78 is 5.78. The average molecular weight is 409 g/mol. The molecule has 0 radical (unpaired) electrons. The highest BCUT2D eigenvalue weighted by Gasteiger charge is 2.13. The van der Waals surface area contributed by atoms with Crippen LogP contribution in [0.15, 0.2) is 48.5 Å². The van der Waals surface area contributed by atoms with Gasteiger partial charge >= 0.3 is 0 Å². The highest BCUT2D eigenvalue weighted by atomic mass is 16.5. The molecule has 1 heterocycles. The number of hydrogen-bond donors (Lipinski definition) is 1. The molecule has 1 amide bonds. The van der Waals surface area contributed by atoms with Crippen LogP contribution in [-0.2, 0) is 16.8 Å². The second-order valence-corrected chi connectivity index (χ2v) is 9.31. The van der Waals surface area contributed by atoms with Gasteiger partial charge in [-0.05, 0) is 73.2 Å². The van der Waals surface area contributed by atoms with E-state index in [1.54, 1.807) is 0 Å². The number of amides is 1. The topological polar surface area (TPSA) is 41.6 Å². The van der Waals surface area contributed by atoms with Gasteiger partial charge in [0.15, 0.2) is 0 Å². The Hall–Kier alpha value is -2.33. The van der Waals surface area contributed by atoms with Gasteiger partial charge in [-0.1, -0.05) is 51.5 Å². The number of carbonyl (C=O) groups excluding carboxylic acids is 1. The lowest BCUT2D eigenvalue weighted by molar-refractivity contribution is -0.116. The van der Waals surface area contributed by atoms with Crippen molar-refractivity contribution in [3.63, 3.8) is 0 Å². The Labute approximate surface area is 181 Å². The van der Waals surface area contributed by atoms with Crippen LogP contribution in [0, 0.1) is 0 Å². The molecule has 1 saturated heterocycles. The van der Waals surface area contributed by atoms with E-state index in [-0.39, 0.29) is 11.3 Å². The monoisotopic (exact) mass is 408 g/mol. The van der Waals surface area contributed by atoms with E-state index in [1.165, 1.54) is 43.5 Å². The molecule has 1 fully saturated rings. The lowest BCUT2D eigenvalue weighted by Crippen LogP contribution is -2.29. The fourth-order valence-electron chi connectivity index (χ4n) is 3.77. The SMILES string of the molecule is CC(C)(C)c1ccc(OCCCC(=O)Nc2ccc(CN3CCCCC3)cc2)cc1. The maximum atomic E-state index is 12.2. The van der Waals surface area contributed by atoms with Crippen LogP contribution >= 0.6 is 0 Å². The number of anilines is 1. The Balaban J connectivity index is 1.35. The first-order valence-corrected chi connectivity index (χ1v) is 11.2.